The van der Waals surface area contributed by atoms with Crippen LogP contribution in [0.4, 0.5) is 5.69 Å². The Labute approximate surface area is 113 Å². The summed E-state index contributed by atoms with van der Waals surface area (Å²) < 4.78 is 0. The summed E-state index contributed by atoms with van der Waals surface area (Å²) in [6.07, 6.45) is 3.44. The number of pyridine rings is 1. The summed E-state index contributed by atoms with van der Waals surface area (Å²) in [6.45, 7) is 6.35. The van der Waals surface area contributed by atoms with Crippen molar-refractivity contribution in [1.29, 1.82) is 0 Å². The summed E-state index contributed by atoms with van der Waals surface area (Å²) >= 11 is 6.12. The number of hydrogen-bond acceptors (Lipinski definition) is 2. The first kappa shape index (κ1) is 12.9. The van der Waals surface area contributed by atoms with Gasteiger partial charge in [-0.2, -0.15) is 0 Å². The number of aryl methyl sites for hydroxylation is 2. The quantitative estimate of drug-likeness (QED) is 0.877. The van der Waals surface area contributed by atoms with Crippen LogP contribution in [0.15, 0.2) is 36.7 Å². The minimum absolute atomic E-state index is 0.199. The van der Waals surface area contributed by atoms with Gasteiger partial charge in [0.25, 0.3) is 0 Å². The van der Waals surface area contributed by atoms with E-state index in [0.717, 1.165) is 5.69 Å². The van der Waals surface area contributed by atoms with E-state index in [-0.39, 0.29) is 6.04 Å². The highest BCUT2D eigenvalue weighted by Gasteiger charge is 2.08. The molecule has 1 atom stereocenters. The summed E-state index contributed by atoms with van der Waals surface area (Å²) in [5, 5.41) is 4.08. The van der Waals surface area contributed by atoms with Crippen LogP contribution in [-0.4, -0.2) is 4.98 Å². The van der Waals surface area contributed by atoms with Crippen LogP contribution in [0.2, 0.25) is 5.02 Å². The second kappa shape index (κ2) is 5.40. The van der Waals surface area contributed by atoms with Gasteiger partial charge in [0.05, 0.1) is 16.9 Å². The Balaban J connectivity index is 2.22. The molecule has 1 heterocycles. The van der Waals surface area contributed by atoms with E-state index in [2.05, 4.69) is 49.3 Å². The van der Waals surface area contributed by atoms with Gasteiger partial charge in [-0.25, -0.2) is 0 Å². The minimum atomic E-state index is 0.199. The van der Waals surface area contributed by atoms with Crippen molar-refractivity contribution in [3.63, 3.8) is 0 Å². The molecule has 3 heteroatoms. The Kier molecular flexibility index (Phi) is 3.87. The lowest BCUT2D eigenvalue weighted by atomic mass is 10.0. The number of halogens is 1. The second-order valence-corrected chi connectivity index (χ2v) is 5.05. The van der Waals surface area contributed by atoms with Crippen LogP contribution >= 0.6 is 11.6 Å². The standard InChI is InChI=1S/C15H17ClN2/c1-10-6-11(2)8-13(7-10)12(3)18-15-9-17-5-4-14(15)16/h4-9,12,18H,1-3H3. The third kappa shape index (κ3) is 3.02. The maximum atomic E-state index is 6.12. The first-order valence-corrected chi connectivity index (χ1v) is 6.38. The van der Waals surface area contributed by atoms with E-state index >= 15 is 0 Å². The third-order valence-electron chi connectivity index (χ3n) is 2.88. The van der Waals surface area contributed by atoms with Crippen LogP contribution < -0.4 is 5.32 Å². The Morgan fingerprint density at radius 2 is 1.83 bits per heavy atom. The van der Waals surface area contributed by atoms with Gasteiger partial charge in [-0.3, -0.25) is 4.98 Å². The number of anilines is 1. The van der Waals surface area contributed by atoms with Gasteiger partial charge in [-0.05, 0) is 32.4 Å². The van der Waals surface area contributed by atoms with Crippen LogP contribution in [0.3, 0.4) is 0 Å². The van der Waals surface area contributed by atoms with Crippen LogP contribution in [-0.2, 0) is 0 Å². The normalized spacial score (nSPS) is 12.2. The molecule has 0 saturated heterocycles. The molecule has 1 aromatic carbocycles. The fourth-order valence-corrected chi connectivity index (χ4v) is 2.22. The average Bonchev–Trinajstić information content (AvgIpc) is 2.31. The Morgan fingerprint density at radius 1 is 1.17 bits per heavy atom. The molecule has 0 aliphatic rings. The van der Waals surface area contributed by atoms with Gasteiger partial charge in [0.1, 0.15) is 0 Å². The fraction of sp³-hybridized carbons (Fsp3) is 0.267. The molecule has 0 amide bonds. The first-order chi connectivity index (χ1) is 8.56. The molecule has 0 radical (unpaired) electrons. The molecule has 2 nitrogen and oxygen atoms in total. The molecule has 0 saturated carbocycles. The highest BCUT2D eigenvalue weighted by Crippen LogP contribution is 2.25. The van der Waals surface area contributed by atoms with Crippen molar-refractivity contribution in [1.82, 2.24) is 4.98 Å². The Bertz CT molecular complexity index is 532. The maximum Gasteiger partial charge on any atom is 0.0720 e. The zero-order chi connectivity index (χ0) is 13.1. The number of aromatic nitrogens is 1. The lowest BCUT2D eigenvalue weighted by Crippen LogP contribution is -2.07. The Hall–Kier alpha value is -1.54. The number of rotatable bonds is 3. The van der Waals surface area contributed by atoms with Crippen LogP contribution in [0, 0.1) is 13.8 Å². The predicted molar refractivity (Wildman–Crippen MR) is 77.2 cm³/mol. The largest absolute Gasteiger partial charge is 0.376 e. The van der Waals surface area contributed by atoms with Crippen molar-refractivity contribution < 1.29 is 0 Å². The molecule has 2 aromatic rings. The monoisotopic (exact) mass is 260 g/mol. The van der Waals surface area contributed by atoms with E-state index in [0.29, 0.717) is 5.02 Å². The SMILES string of the molecule is Cc1cc(C)cc(C(C)Nc2cnccc2Cl)c1. The molecular formula is C15H17ClN2. The lowest BCUT2D eigenvalue weighted by molar-refractivity contribution is 0.879. The van der Waals surface area contributed by atoms with Crippen molar-refractivity contribution in [2.45, 2.75) is 26.8 Å². The summed E-state index contributed by atoms with van der Waals surface area (Å²) in [5.41, 5.74) is 4.67. The van der Waals surface area contributed by atoms with E-state index in [1.165, 1.54) is 16.7 Å². The third-order valence-corrected chi connectivity index (χ3v) is 3.21. The van der Waals surface area contributed by atoms with Gasteiger partial charge >= 0.3 is 0 Å². The molecule has 0 aliphatic carbocycles. The number of hydrogen-bond donors (Lipinski definition) is 1. The van der Waals surface area contributed by atoms with Crippen molar-refractivity contribution in [2.75, 3.05) is 5.32 Å². The van der Waals surface area contributed by atoms with Gasteiger partial charge in [-0.15, -0.1) is 0 Å². The summed E-state index contributed by atoms with van der Waals surface area (Å²) in [6, 6.07) is 8.54. The molecule has 1 aromatic heterocycles. The molecule has 1 unspecified atom stereocenters. The number of nitrogens with one attached hydrogen (secondary N) is 1. The smallest absolute Gasteiger partial charge is 0.0720 e. The van der Waals surface area contributed by atoms with Gasteiger partial charge in [0.15, 0.2) is 0 Å². The zero-order valence-corrected chi connectivity index (χ0v) is 11.6. The van der Waals surface area contributed by atoms with E-state index in [1.807, 2.05) is 0 Å². The molecule has 0 spiro atoms. The highest BCUT2D eigenvalue weighted by atomic mass is 35.5. The van der Waals surface area contributed by atoms with Crippen molar-refractivity contribution >= 4 is 17.3 Å². The lowest BCUT2D eigenvalue weighted by Gasteiger charge is -2.17. The topological polar surface area (TPSA) is 24.9 Å². The van der Waals surface area contributed by atoms with Gasteiger partial charge in [0.2, 0.25) is 0 Å². The van der Waals surface area contributed by atoms with Crippen LogP contribution in [0.5, 0.6) is 0 Å². The Morgan fingerprint density at radius 3 is 2.44 bits per heavy atom. The summed E-state index contributed by atoms with van der Waals surface area (Å²) in [7, 11) is 0. The average molecular weight is 261 g/mol. The van der Waals surface area contributed by atoms with Gasteiger partial charge in [-0.1, -0.05) is 40.9 Å². The molecule has 18 heavy (non-hydrogen) atoms. The van der Waals surface area contributed by atoms with E-state index in [1.54, 1.807) is 18.5 Å². The molecule has 0 aliphatic heterocycles. The number of nitrogens with zero attached hydrogens (tertiary/aromatic N) is 1. The second-order valence-electron chi connectivity index (χ2n) is 4.64. The molecule has 0 fully saturated rings. The highest BCUT2D eigenvalue weighted by molar-refractivity contribution is 6.33. The van der Waals surface area contributed by atoms with E-state index in [4.69, 9.17) is 11.6 Å². The van der Waals surface area contributed by atoms with Crippen molar-refractivity contribution in [3.8, 4) is 0 Å². The van der Waals surface area contributed by atoms with E-state index in [9.17, 15) is 0 Å². The molecule has 0 bridgehead atoms. The van der Waals surface area contributed by atoms with E-state index < -0.39 is 0 Å². The summed E-state index contributed by atoms with van der Waals surface area (Å²) in [4.78, 5) is 4.08. The van der Waals surface area contributed by atoms with Crippen LogP contribution in [0.1, 0.15) is 29.7 Å². The molecule has 1 N–H and O–H groups in total. The minimum Gasteiger partial charge on any atom is -0.376 e. The fourth-order valence-electron chi connectivity index (χ4n) is 2.06. The van der Waals surface area contributed by atoms with Gasteiger partial charge in [0, 0.05) is 12.2 Å². The predicted octanol–water partition coefficient (Wildman–Crippen LogP) is 4.52. The maximum absolute atomic E-state index is 6.12. The summed E-state index contributed by atoms with van der Waals surface area (Å²) in [5.74, 6) is 0. The van der Waals surface area contributed by atoms with Crippen molar-refractivity contribution in [2.24, 2.45) is 0 Å². The van der Waals surface area contributed by atoms with Crippen molar-refractivity contribution in [3.05, 3.63) is 58.4 Å². The molecule has 94 valence electrons. The molecular weight excluding hydrogens is 244 g/mol. The first-order valence-electron chi connectivity index (χ1n) is 6.00. The van der Waals surface area contributed by atoms with Crippen LogP contribution in [0.25, 0.3) is 0 Å². The zero-order valence-electron chi connectivity index (χ0n) is 10.9. The number of benzene rings is 1. The van der Waals surface area contributed by atoms with Gasteiger partial charge < -0.3 is 5.32 Å². The molecule has 2 rings (SSSR count).